The van der Waals surface area contributed by atoms with Crippen LogP contribution in [0.3, 0.4) is 0 Å². The first kappa shape index (κ1) is 22.0. The monoisotopic (exact) mass is 513 g/mol. The van der Waals surface area contributed by atoms with E-state index in [1.54, 1.807) is 12.1 Å². The van der Waals surface area contributed by atoms with E-state index in [-0.39, 0.29) is 5.82 Å². The molecule has 0 bridgehead atoms. The first-order chi connectivity index (χ1) is 16.5. The number of pyridine rings is 1. The van der Waals surface area contributed by atoms with Gasteiger partial charge in [0.15, 0.2) is 5.65 Å². The largest absolute Gasteiger partial charge is 0.378 e. The number of nitrogens with one attached hydrogen (secondary N) is 1. The molecular formula is C27H21BrFN5. The Labute approximate surface area is 205 Å². The smallest absolute Gasteiger partial charge is 0.165 e. The maximum absolute atomic E-state index is 13.4. The van der Waals surface area contributed by atoms with Gasteiger partial charge in [0.05, 0.1) is 11.1 Å². The minimum atomic E-state index is -0.292. The fraction of sp³-hybridized carbons (Fsp3) is 0.0741. The second-order valence-corrected chi connectivity index (χ2v) is 8.98. The first-order valence-corrected chi connectivity index (χ1v) is 11.5. The van der Waals surface area contributed by atoms with Crippen molar-refractivity contribution in [2.75, 3.05) is 24.3 Å². The van der Waals surface area contributed by atoms with Gasteiger partial charge in [-0.3, -0.25) is 0 Å². The van der Waals surface area contributed by atoms with Gasteiger partial charge in [-0.25, -0.2) is 19.3 Å². The Hall–Kier alpha value is -3.84. The summed E-state index contributed by atoms with van der Waals surface area (Å²) in [5.74, 6) is 0.313. The molecule has 0 aliphatic heterocycles. The summed E-state index contributed by atoms with van der Waals surface area (Å²) in [6.07, 6.45) is 1.49. The lowest BCUT2D eigenvalue weighted by Gasteiger charge is -2.15. The summed E-state index contributed by atoms with van der Waals surface area (Å²) in [7, 11) is 4.03. The number of rotatable bonds is 5. The van der Waals surface area contributed by atoms with Crippen LogP contribution in [0.4, 0.5) is 21.6 Å². The Kier molecular flexibility index (Phi) is 5.94. The van der Waals surface area contributed by atoms with Crippen molar-refractivity contribution >= 4 is 44.2 Å². The van der Waals surface area contributed by atoms with Crippen molar-refractivity contribution in [1.29, 1.82) is 0 Å². The molecule has 34 heavy (non-hydrogen) atoms. The van der Waals surface area contributed by atoms with E-state index >= 15 is 0 Å². The van der Waals surface area contributed by atoms with Crippen molar-refractivity contribution in [3.05, 3.63) is 95.5 Å². The molecular weight excluding hydrogens is 493 g/mol. The number of anilines is 3. The summed E-state index contributed by atoms with van der Waals surface area (Å²) in [5.41, 5.74) is 6.18. The molecule has 5 nitrogen and oxygen atoms in total. The number of fused-ring (bicyclic) bond motifs is 1. The predicted octanol–water partition coefficient (Wildman–Crippen LogP) is 7.07. The van der Waals surface area contributed by atoms with E-state index < -0.39 is 0 Å². The van der Waals surface area contributed by atoms with Gasteiger partial charge in [0, 0.05) is 35.5 Å². The van der Waals surface area contributed by atoms with Crippen LogP contribution in [-0.4, -0.2) is 29.0 Å². The molecule has 0 saturated heterocycles. The van der Waals surface area contributed by atoms with Crippen molar-refractivity contribution in [3.8, 4) is 22.4 Å². The van der Waals surface area contributed by atoms with Crippen molar-refractivity contribution in [2.24, 2.45) is 0 Å². The van der Waals surface area contributed by atoms with Crippen LogP contribution >= 0.6 is 15.9 Å². The number of halogens is 2. The molecule has 0 fully saturated rings. The molecule has 7 heteroatoms. The first-order valence-electron chi connectivity index (χ1n) is 10.7. The number of benzene rings is 3. The Morgan fingerprint density at radius 3 is 2.32 bits per heavy atom. The van der Waals surface area contributed by atoms with Crippen LogP contribution in [0.5, 0.6) is 0 Å². The van der Waals surface area contributed by atoms with Gasteiger partial charge in [0.2, 0.25) is 0 Å². The predicted molar refractivity (Wildman–Crippen MR) is 140 cm³/mol. The van der Waals surface area contributed by atoms with E-state index in [9.17, 15) is 4.39 Å². The molecule has 0 aliphatic carbocycles. The molecule has 168 valence electrons. The lowest BCUT2D eigenvalue weighted by atomic mass is 9.99. The van der Waals surface area contributed by atoms with Crippen LogP contribution in [-0.2, 0) is 0 Å². The number of hydrogen-bond donors (Lipinski definition) is 1. The van der Waals surface area contributed by atoms with Crippen LogP contribution in [0.25, 0.3) is 33.4 Å². The molecule has 5 aromatic rings. The third-order valence-electron chi connectivity index (χ3n) is 5.53. The quantitative estimate of drug-likeness (QED) is 0.272. The van der Waals surface area contributed by atoms with Gasteiger partial charge in [-0.05, 0) is 65.7 Å². The Morgan fingerprint density at radius 2 is 1.62 bits per heavy atom. The van der Waals surface area contributed by atoms with E-state index in [1.165, 1.54) is 18.5 Å². The molecule has 1 N–H and O–H groups in total. The molecule has 0 spiro atoms. The second-order valence-electron chi connectivity index (χ2n) is 8.06. The highest BCUT2D eigenvalue weighted by molar-refractivity contribution is 9.10. The highest BCUT2D eigenvalue weighted by Gasteiger charge is 2.16. The van der Waals surface area contributed by atoms with Crippen molar-refractivity contribution < 1.29 is 4.39 Å². The summed E-state index contributed by atoms with van der Waals surface area (Å²) >= 11 is 3.58. The van der Waals surface area contributed by atoms with Crippen LogP contribution < -0.4 is 10.2 Å². The standard InChI is InChI=1S/C27H21BrFN5/c1-34(2)22-12-6-17(7-13-22)24-15-23(18-4-3-5-19(28)14-18)25-26(30-16-31-27(25)33-24)32-21-10-8-20(29)9-11-21/h3-16H,1-2H3,(H,30,31,32,33). The van der Waals surface area contributed by atoms with Gasteiger partial charge in [-0.2, -0.15) is 0 Å². The van der Waals surface area contributed by atoms with E-state index in [4.69, 9.17) is 4.98 Å². The second kappa shape index (κ2) is 9.19. The average Bonchev–Trinajstić information content (AvgIpc) is 2.85. The minimum absolute atomic E-state index is 0.292. The third kappa shape index (κ3) is 4.47. The Morgan fingerprint density at radius 1 is 0.853 bits per heavy atom. The zero-order valence-corrected chi connectivity index (χ0v) is 20.2. The van der Waals surface area contributed by atoms with Crippen molar-refractivity contribution in [2.45, 2.75) is 0 Å². The summed E-state index contributed by atoms with van der Waals surface area (Å²) in [5, 5.41) is 4.09. The maximum Gasteiger partial charge on any atom is 0.165 e. The minimum Gasteiger partial charge on any atom is -0.378 e. The maximum atomic E-state index is 13.4. The van der Waals surface area contributed by atoms with Crippen LogP contribution in [0.2, 0.25) is 0 Å². The molecule has 0 unspecified atom stereocenters. The molecule has 2 heterocycles. The fourth-order valence-corrected chi connectivity index (χ4v) is 4.19. The molecule has 0 atom stereocenters. The van der Waals surface area contributed by atoms with Gasteiger partial charge < -0.3 is 10.2 Å². The zero-order chi connectivity index (χ0) is 23.7. The average molecular weight is 514 g/mol. The number of hydrogen-bond acceptors (Lipinski definition) is 5. The van der Waals surface area contributed by atoms with E-state index in [0.29, 0.717) is 11.5 Å². The van der Waals surface area contributed by atoms with E-state index in [2.05, 4.69) is 72.5 Å². The number of aromatic nitrogens is 3. The summed E-state index contributed by atoms with van der Waals surface area (Å²) in [4.78, 5) is 15.9. The summed E-state index contributed by atoms with van der Waals surface area (Å²) < 4.78 is 14.4. The van der Waals surface area contributed by atoms with Crippen molar-refractivity contribution in [3.63, 3.8) is 0 Å². The molecule has 3 aromatic carbocycles. The van der Waals surface area contributed by atoms with E-state index in [0.717, 1.165) is 43.6 Å². The van der Waals surface area contributed by atoms with Crippen LogP contribution in [0.1, 0.15) is 0 Å². The zero-order valence-electron chi connectivity index (χ0n) is 18.6. The molecule has 0 radical (unpaired) electrons. The van der Waals surface area contributed by atoms with Crippen LogP contribution in [0.15, 0.2) is 89.7 Å². The van der Waals surface area contributed by atoms with Gasteiger partial charge in [-0.1, -0.05) is 40.2 Å². The fourth-order valence-electron chi connectivity index (χ4n) is 3.79. The SMILES string of the molecule is CN(C)c1ccc(-c2cc(-c3cccc(Br)c3)c3c(Nc4ccc(F)cc4)ncnc3n2)cc1. The van der Waals surface area contributed by atoms with Gasteiger partial charge in [0.25, 0.3) is 0 Å². The van der Waals surface area contributed by atoms with Crippen LogP contribution in [0, 0.1) is 5.82 Å². The topological polar surface area (TPSA) is 53.9 Å². The number of nitrogens with zero attached hydrogens (tertiary/aromatic N) is 4. The lowest BCUT2D eigenvalue weighted by molar-refractivity contribution is 0.628. The van der Waals surface area contributed by atoms with Gasteiger partial charge in [0.1, 0.15) is 18.0 Å². The van der Waals surface area contributed by atoms with Gasteiger partial charge >= 0.3 is 0 Å². The Balaban J connectivity index is 1.70. The molecule has 0 saturated carbocycles. The molecule has 0 amide bonds. The lowest BCUT2D eigenvalue weighted by Crippen LogP contribution is -2.08. The van der Waals surface area contributed by atoms with Gasteiger partial charge in [-0.15, -0.1) is 0 Å². The summed E-state index contributed by atoms with van der Waals surface area (Å²) in [6.45, 7) is 0. The highest BCUT2D eigenvalue weighted by Crippen LogP contribution is 2.36. The highest BCUT2D eigenvalue weighted by atomic mass is 79.9. The van der Waals surface area contributed by atoms with E-state index in [1.807, 2.05) is 32.3 Å². The molecule has 0 aliphatic rings. The summed E-state index contributed by atoms with van der Waals surface area (Å²) in [6, 6.07) is 24.6. The normalized spacial score (nSPS) is 10.9. The molecule has 2 aromatic heterocycles. The Bertz CT molecular complexity index is 1470. The van der Waals surface area contributed by atoms with Crippen molar-refractivity contribution in [1.82, 2.24) is 15.0 Å². The third-order valence-corrected chi connectivity index (χ3v) is 6.02. The molecule has 5 rings (SSSR count).